The molecule has 2 aromatic carbocycles. The highest BCUT2D eigenvalue weighted by molar-refractivity contribution is 6.01. The molecule has 2 aliphatic rings. The number of hydrogen-bond acceptors (Lipinski definition) is 22. The Labute approximate surface area is 731 Å². The van der Waals surface area contributed by atoms with E-state index < -0.39 is 225 Å². The molecule has 6 rings (SSSR count). The van der Waals surface area contributed by atoms with Crippen LogP contribution in [0.4, 0.5) is 0 Å². The van der Waals surface area contributed by atoms with Crippen LogP contribution in [-0.4, -0.2) is 259 Å². The molecule has 2 fully saturated rings. The second-order valence-corrected chi connectivity index (χ2v) is 32.0. The summed E-state index contributed by atoms with van der Waals surface area (Å²) in [5, 5.41) is 83.7. The van der Waals surface area contributed by atoms with Crippen molar-refractivity contribution in [2.45, 2.75) is 279 Å². The summed E-state index contributed by atoms with van der Waals surface area (Å²) in [5.41, 5.74) is 18.9. The number of benzene rings is 2. The van der Waals surface area contributed by atoms with E-state index in [-0.39, 0.29) is 95.4 Å². The van der Waals surface area contributed by atoms with Crippen LogP contribution in [0.1, 0.15) is 204 Å². The van der Waals surface area contributed by atoms with Crippen LogP contribution in [0.15, 0.2) is 73.3 Å². The van der Waals surface area contributed by atoms with E-state index in [1.165, 1.54) is 12.5 Å². The Morgan fingerprint density at radius 3 is 1.79 bits per heavy atom. The fourth-order valence-corrected chi connectivity index (χ4v) is 14.7. The molecule has 12 atom stereocenters. The number of aliphatic hydroxyl groups is 3. The third-order valence-electron chi connectivity index (χ3n) is 21.8. The number of fused-ring (bicyclic) bond motifs is 2. The zero-order chi connectivity index (χ0) is 91.9. The first kappa shape index (κ1) is 103. The molecule has 4 heterocycles. The van der Waals surface area contributed by atoms with Crippen LogP contribution < -0.4 is 86.3 Å². The van der Waals surface area contributed by atoms with Crippen LogP contribution in [0.25, 0.3) is 10.9 Å². The fourth-order valence-electron chi connectivity index (χ4n) is 14.7. The van der Waals surface area contributed by atoms with Gasteiger partial charge in [0.25, 0.3) is 0 Å². The van der Waals surface area contributed by atoms with Gasteiger partial charge in [0, 0.05) is 101 Å². The molecule has 694 valence electrons. The number of hydrogen-bond donors (Lipinski definition) is 23. The van der Waals surface area contributed by atoms with Crippen molar-refractivity contribution in [1.29, 1.82) is 5.41 Å². The number of aliphatic hydroxyl groups excluding tert-OH is 3. The number of nitrogens with zero attached hydrogens (tertiary/aromatic N) is 2. The number of nitrogens with one attached hydrogen (secondary N) is 16. The standard InChI is InChI=1S/C85H129N21O20/c1-2-3-27-60(99-82(124)68(50-108)105-80(122)66(43-54-46-91-51-95-54)103-77(119)62(35-36-70(86)111)100-81(123)67(49-107)96-72(113)47-94-71(112)31-17-12-10-8-6-4-5-7-9-11-13-18-32-73(114)115)75(117)101-63-34-33-55(109)37-40-90-38-22-21-29-59(74(87)116)97-79(121)65(42-53-45-93-58-28-20-19-26-57(53)58)102-76(118)61(30-23-39-92-85(88)89)98-78(120)64(41-52-24-15-14-16-25-52)104-83(125)69-44-56(110)48-106(69)84(63)126/h14-16,19-20,24-26,28,45-46,51,56,59-69,90,93,107-108,110H,2-13,17-18,21-23,27,29-44,47-50H2,1H3,(H2,86,111)(H2,87,116)(H,91,95)(H,94,112)(H,96,113)(H,97,121)(H,98,120)(H,99,124)(H,100,123)(H,101,117)(H,102,118)(H,103,119)(H,104,125)(H,105,122)(H,114,115)(H4,88,89,92)/t56-,59+,60+,61+,62+,63+,64-,65+,66+,67+,68+,69+/m1/s1. The number of carboxylic acids is 1. The van der Waals surface area contributed by atoms with E-state index in [1.54, 1.807) is 49.5 Å². The Hall–Kier alpha value is -12.0. The van der Waals surface area contributed by atoms with Gasteiger partial charge >= 0.3 is 5.97 Å². The molecule has 2 saturated heterocycles. The van der Waals surface area contributed by atoms with Gasteiger partial charge in [0.1, 0.15) is 72.2 Å². The number of guanidine groups is 1. The lowest BCUT2D eigenvalue weighted by molar-refractivity contribution is -0.143. The first-order chi connectivity index (χ1) is 60.5. The summed E-state index contributed by atoms with van der Waals surface area (Å²) in [6.07, 6.45) is 12.8. The van der Waals surface area contributed by atoms with Crippen molar-refractivity contribution >= 4 is 111 Å². The van der Waals surface area contributed by atoms with Gasteiger partial charge in [0.2, 0.25) is 82.7 Å². The predicted molar refractivity (Wildman–Crippen MR) is 461 cm³/mol. The number of para-hydroxylation sites is 1. The number of carboxylic acid groups (broad SMARTS) is 1. The smallest absolute Gasteiger partial charge is 0.303 e. The van der Waals surface area contributed by atoms with Crippen molar-refractivity contribution in [3.63, 3.8) is 0 Å². The lowest BCUT2D eigenvalue weighted by Crippen LogP contribution is -2.61. The molecule has 2 aliphatic heterocycles. The van der Waals surface area contributed by atoms with Crippen LogP contribution in [0.5, 0.6) is 0 Å². The van der Waals surface area contributed by atoms with Gasteiger partial charge in [0.15, 0.2) is 5.96 Å². The second-order valence-electron chi connectivity index (χ2n) is 32.0. The fraction of sp³-hybridized carbons (Fsp3) is 0.600. The van der Waals surface area contributed by atoms with E-state index in [1.807, 2.05) is 18.2 Å². The number of rotatable bonds is 47. The molecule has 0 radical (unpaired) electrons. The molecule has 41 nitrogen and oxygen atoms in total. The van der Waals surface area contributed by atoms with Crippen LogP contribution in [0.2, 0.25) is 0 Å². The summed E-state index contributed by atoms with van der Waals surface area (Å²) >= 11 is 0. The number of ketones is 1. The summed E-state index contributed by atoms with van der Waals surface area (Å²) in [6, 6.07) is -1.79. The number of imidazole rings is 1. The number of H-pyrrole nitrogens is 2. The zero-order valence-electron chi connectivity index (χ0n) is 71.7. The van der Waals surface area contributed by atoms with Gasteiger partial charge in [-0.15, -0.1) is 0 Å². The van der Waals surface area contributed by atoms with Gasteiger partial charge < -0.3 is 122 Å². The summed E-state index contributed by atoms with van der Waals surface area (Å²) in [7, 11) is 0. The number of aromatic nitrogens is 3. The number of amides is 14. The Morgan fingerprint density at radius 1 is 0.579 bits per heavy atom. The Kier molecular flexibility index (Phi) is 45.8. The average molecular weight is 1770 g/mol. The molecule has 126 heavy (non-hydrogen) atoms. The normalized spacial score (nSPS) is 19.6. The van der Waals surface area contributed by atoms with Crippen molar-refractivity contribution in [3.05, 3.63) is 90.1 Å². The maximum Gasteiger partial charge on any atom is 0.303 e. The van der Waals surface area contributed by atoms with Gasteiger partial charge in [0.05, 0.1) is 37.9 Å². The number of aromatic amines is 2. The lowest BCUT2D eigenvalue weighted by Gasteiger charge is -2.31. The number of carbonyl (C=O) groups is 16. The minimum absolute atomic E-state index is 0.0502. The van der Waals surface area contributed by atoms with Crippen LogP contribution in [0.3, 0.4) is 0 Å². The van der Waals surface area contributed by atoms with Crippen LogP contribution in [0, 0.1) is 5.41 Å². The highest BCUT2D eigenvalue weighted by atomic mass is 16.4. The van der Waals surface area contributed by atoms with Gasteiger partial charge in [-0.3, -0.25) is 82.1 Å². The summed E-state index contributed by atoms with van der Waals surface area (Å²) in [6.45, 7) is -0.959. The lowest BCUT2D eigenvalue weighted by atomic mass is 10.0. The Morgan fingerprint density at radius 2 is 1.16 bits per heavy atom. The maximum absolute atomic E-state index is 15.3. The van der Waals surface area contributed by atoms with Gasteiger partial charge in [-0.25, -0.2) is 4.98 Å². The van der Waals surface area contributed by atoms with Crippen molar-refractivity contribution in [2.75, 3.05) is 45.9 Å². The monoisotopic (exact) mass is 1760 g/mol. The van der Waals surface area contributed by atoms with Crippen molar-refractivity contribution in [3.8, 4) is 0 Å². The molecular weight excluding hydrogens is 1640 g/mol. The van der Waals surface area contributed by atoms with Gasteiger partial charge in [-0.05, 0) is 87.9 Å². The molecule has 26 N–H and O–H groups in total. The molecule has 0 spiro atoms. The first-order valence-corrected chi connectivity index (χ1v) is 43.6. The number of nitrogens with two attached hydrogens (primary N) is 3. The summed E-state index contributed by atoms with van der Waals surface area (Å²) in [4.78, 5) is 233. The third kappa shape index (κ3) is 37.4. The van der Waals surface area contributed by atoms with E-state index in [0.717, 1.165) is 80.0 Å². The minimum Gasteiger partial charge on any atom is -0.481 e. The van der Waals surface area contributed by atoms with Gasteiger partial charge in [-0.2, -0.15) is 0 Å². The number of aliphatic carboxylic acids is 1. The molecule has 0 bridgehead atoms. The maximum atomic E-state index is 15.3. The molecule has 0 aliphatic carbocycles. The zero-order valence-corrected chi connectivity index (χ0v) is 71.7. The van der Waals surface area contributed by atoms with E-state index in [4.69, 9.17) is 27.7 Å². The SMILES string of the molecule is CCCC[C@H](NC(=O)[C@H](CO)NC(=O)[C@H](Cc1c[nH]cn1)NC(=O)[C@H](CCC(N)=O)NC(=O)[C@H](CO)NC(=O)CNC(=O)CCCCCCCCCCCCCCC(=O)O)C(=O)N[C@H]1CCC(=O)CCNCCCC[C@@H](C(N)=O)NC(=O)[C@H](Cc2c[nH]c3ccccc23)NC(=O)[C@H](CCCNC(=N)N)NC(=O)[C@@H](Cc2ccccc2)NC(=O)[C@@H]2C[C@@H](O)CN2C1=O. The average Bonchev–Trinajstić information content (AvgIpc) is 1.64. The quantitative estimate of drug-likeness (QED) is 0.0130. The number of carbonyl (C=O) groups excluding carboxylic acids is 15. The number of primary amides is 2. The molecule has 41 heteroatoms. The summed E-state index contributed by atoms with van der Waals surface area (Å²) < 4.78 is 0. The first-order valence-electron chi connectivity index (χ1n) is 43.6. The van der Waals surface area contributed by atoms with Crippen molar-refractivity contribution in [2.24, 2.45) is 17.2 Å². The molecule has 2 aromatic heterocycles. The van der Waals surface area contributed by atoms with E-state index in [0.29, 0.717) is 49.8 Å². The largest absolute Gasteiger partial charge is 0.481 e. The van der Waals surface area contributed by atoms with Crippen molar-refractivity contribution in [1.82, 2.24) is 89.0 Å². The molecule has 4 aromatic rings. The van der Waals surface area contributed by atoms with Gasteiger partial charge in [-0.1, -0.05) is 133 Å². The van der Waals surface area contributed by atoms with E-state index in [2.05, 4.69) is 84.1 Å². The second kappa shape index (κ2) is 56.1. The Bertz CT molecular complexity index is 4230. The van der Waals surface area contributed by atoms with E-state index in [9.17, 15) is 77.6 Å². The van der Waals surface area contributed by atoms with E-state index >= 15 is 14.4 Å². The highest BCUT2D eigenvalue weighted by Gasteiger charge is 2.44. The predicted octanol–water partition coefficient (Wildman–Crippen LogP) is -1.91. The van der Waals surface area contributed by atoms with Crippen LogP contribution >= 0.6 is 0 Å². The molecule has 0 saturated carbocycles. The summed E-state index contributed by atoms with van der Waals surface area (Å²) in [5.74, 6) is -14.7. The Balaban J connectivity index is 1.18. The van der Waals surface area contributed by atoms with Crippen LogP contribution in [-0.2, 0) is 96.0 Å². The number of unbranched alkanes of at least 4 members (excludes halogenated alkanes) is 12. The minimum atomic E-state index is -1.90. The van der Waals surface area contributed by atoms with Crippen molar-refractivity contribution < 1.29 is 97.1 Å². The molecule has 14 amide bonds. The number of Topliss-reactive ketones (excluding diaryl/α,β-unsaturated/α-hetero) is 1. The molecule has 0 unspecified atom stereocenters. The topological polar surface area (TPSA) is 660 Å². The highest BCUT2D eigenvalue weighted by Crippen LogP contribution is 2.24. The third-order valence-corrected chi connectivity index (χ3v) is 21.8. The molecular formula is C85H129N21O20.